The molecule has 2 amide bonds. The fourth-order valence-corrected chi connectivity index (χ4v) is 2.85. The molecule has 2 aromatic carbocycles. The zero-order valence-electron chi connectivity index (χ0n) is 14.6. The highest BCUT2D eigenvalue weighted by atomic mass is 35.5. The second-order valence-electron chi connectivity index (χ2n) is 5.69. The van der Waals surface area contributed by atoms with Gasteiger partial charge >= 0.3 is 0 Å². The van der Waals surface area contributed by atoms with E-state index in [9.17, 15) is 9.59 Å². The SMILES string of the molecule is COc1ccc(Cl)cc1CN(C)C(=O)CCNC(=O)c1ccccc1Cl. The Bertz CT molecular complexity index is 796. The standard InChI is InChI=1S/C19H20Cl2N2O3/c1-23(12-13-11-14(20)7-8-17(13)26-2)18(24)9-10-22-19(25)15-5-3-4-6-16(15)21/h3-8,11H,9-10,12H2,1-2H3,(H,22,25). The number of amides is 2. The molecule has 1 N–H and O–H groups in total. The summed E-state index contributed by atoms with van der Waals surface area (Å²) in [5.41, 5.74) is 1.20. The highest BCUT2D eigenvalue weighted by Gasteiger charge is 2.14. The molecule has 0 bridgehead atoms. The number of nitrogens with zero attached hydrogens (tertiary/aromatic N) is 1. The molecule has 5 nitrogen and oxygen atoms in total. The smallest absolute Gasteiger partial charge is 0.252 e. The van der Waals surface area contributed by atoms with Gasteiger partial charge in [0.05, 0.1) is 17.7 Å². The van der Waals surface area contributed by atoms with Crippen molar-refractivity contribution < 1.29 is 14.3 Å². The van der Waals surface area contributed by atoms with Crippen molar-refractivity contribution in [1.82, 2.24) is 10.2 Å². The van der Waals surface area contributed by atoms with E-state index < -0.39 is 0 Å². The van der Waals surface area contributed by atoms with Gasteiger partial charge in [0.2, 0.25) is 5.91 Å². The monoisotopic (exact) mass is 394 g/mol. The number of ether oxygens (including phenoxy) is 1. The minimum atomic E-state index is -0.303. The summed E-state index contributed by atoms with van der Waals surface area (Å²) in [4.78, 5) is 25.9. The van der Waals surface area contributed by atoms with Gasteiger partial charge in [-0.2, -0.15) is 0 Å². The summed E-state index contributed by atoms with van der Waals surface area (Å²) in [6, 6.07) is 12.0. The minimum Gasteiger partial charge on any atom is -0.496 e. The van der Waals surface area contributed by atoms with Crippen molar-refractivity contribution in [2.24, 2.45) is 0 Å². The van der Waals surface area contributed by atoms with Gasteiger partial charge in [-0.05, 0) is 30.3 Å². The van der Waals surface area contributed by atoms with Crippen LogP contribution in [0.1, 0.15) is 22.3 Å². The third kappa shape index (κ3) is 5.38. The number of benzene rings is 2. The van der Waals surface area contributed by atoms with Gasteiger partial charge < -0.3 is 15.0 Å². The molecule has 26 heavy (non-hydrogen) atoms. The van der Waals surface area contributed by atoms with E-state index in [0.29, 0.717) is 27.9 Å². The molecule has 0 heterocycles. The molecule has 0 aliphatic heterocycles. The number of hydrogen-bond acceptors (Lipinski definition) is 3. The van der Waals surface area contributed by atoms with Gasteiger partial charge in [0.25, 0.3) is 5.91 Å². The highest BCUT2D eigenvalue weighted by Crippen LogP contribution is 2.23. The quantitative estimate of drug-likeness (QED) is 0.776. The Balaban J connectivity index is 1.87. The molecule has 0 aliphatic carbocycles. The molecular weight excluding hydrogens is 375 g/mol. The molecule has 0 fully saturated rings. The molecule has 0 radical (unpaired) electrons. The summed E-state index contributed by atoms with van der Waals surface area (Å²) in [5, 5.41) is 3.66. The fourth-order valence-electron chi connectivity index (χ4n) is 2.43. The molecule has 0 spiro atoms. The molecule has 0 saturated heterocycles. The maximum absolute atomic E-state index is 12.3. The number of hydrogen-bond donors (Lipinski definition) is 1. The normalized spacial score (nSPS) is 10.3. The Morgan fingerprint density at radius 1 is 1.15 bits per heavy atom. The first kappa shape index (κ1) is 20.1. The van der Waals surface area contributed by atoms with E-state index in [1.807, 2.05) is 0 Å². The van der Waals surface area contributed by atoms with Crippen LogP contribution in [0, 0.1) is 0 Å². The highest BCUT2D eigenvalue weighted by molar-refractivity contribution is 6.33. The summed E-state index contributed by atoms with van der Waals surface area (Å²) in [5.74, 6) is 0.259. The predicted molar refractivity (Wildman–Crippen MR) is 103 cm³/mol. The first-order chi connectivity index (χ1) is 12.4. The zero-order valence-corrected chi connectivity index (χ0v) is 16.1. The molecule has 7 heteroatoms. The van der Waals surface area contributed by atoms with Crippen molar-refractivity contribution in [3.63, 3.8) is 0 Å². The zero-order chi connectivity index (χ0) is 19.1. The largest absolute Gasteiger partial charge is 0.496 e. The Labute approximate surface area is 162 Å². The van der Waals surface area contributed by atoms with E-state index in [0.717, 1.165) is 5.56 Å². The molecule has 2 rings (SSSR count). The molecule has 0 aromatic heterocycles. The van der Waals surface area contributed by atoms with Crippen molar-refractivity contribution in [3.05, 3.63) is 63.6 Å². The maximum Gasteiger partial charge on any atom is 0.252 e. The van der Waals surface area contributed by atoms with E-state index in [1.165, 1.54) is 0 Å². The van der Waals surface area contributed by atoms with Crippen molar-refractivity contribution in [2.45, 2.75) is 13.0 Å². The van der Waals surface area contributed by atoms with E-state index in [4.69, 9.17) is 27.9 Å². The van der Waals surface area contributed by atoms with E-state index in [-0.39, 0.29) is 24.8 Å². The lowest BCUT2D eigenvalue weighted by Gasteiger charge is -2.19. The third-order valence-electron chi connectivity index (χ3n) is 3.82. The van der Waals surface area contributed by atoms with Crippen molar-refractivity contribution >= 4 is 35.0 Å². The van der Waals surface area contributed by atoms with Gasteiger partial charge in [-0.1, -0.05) is 35.3 Å². The summed E-state index contributed by atoms with van der Waals surface area (Å²) >= 11 is 12.0. The topological polar surface area (TPSA) is 58.6 Å². The van der Waals surface area contributed by atoms with E-state index in [2.05, 4.69) is 5.32 Å². The van der Waals surface area contributed by atoms with Crippen LogP contribution >= 0.6 is 23.2 Å². The van der Waals surface area contributed by atoms with Crippen LogP contribution in [0.25, 0.3) is 0 Å². The van der Waals surface area contributed by atoms with Crippen LogP contribution in [0.15, 0.2) is 42.5 Å². The second-order valence-corrected chi connectivity index (χ2v) is 6.54. The van der Waals surface area contributed by atoms with Crippen LogP contribution in [-0.2, 0) is 11.3 Å². The molecule has 138 valence electrons. The van der Waals surface area contributed by atoms with E-state index >= 15 is 0 Å². The first-order valence-corrected chi connectivity index (χ1v) is 8.77. The van der Waals surface area contributed by atoms with Crippen molar-refractivity contribution in [1.29, 1.82) is 0 Å². The van der Waals surface area contributed by atoms with E-state index in [1.54, 1.807) is 61.5 Å². The predicted octanol–water partition coefficient (Wildman–Crippen LogP) is 3.78. The molecule has 0 unspecified atom stereocenters. The summed E-state index contributed by atoms with van der Waals surface area (Å²) in [7, 11) is 3.26. The Morgan fingerprint density at radius 2 is 1.88 bits per heavy atom. The van der Waals surface area contributed by atoms with Crippen molar-refractivity contribution in [3.8, 4) is 5.75 Å². The average molecular weight is 395 g/mol. The van der Waals surface area contributed by atoms with Crippen LogP contribution in [0.4, 0.5) is 0 Å². The van der Waals surface area contributed by atoms with Crippen LogP contribution in [-0.4, -0.2) is 37.4 Å². The number of rotatable bonds is 7. The van der Waals surface area contributed by atoms with Gasteiger partial charge in [0.15, 0.2) is 0 Å². The lowest BCUT2D eigenvalue weighted by molar-refractivity contribution is -0.130. The fraction of sp³-hybridized carbons (Fsp3) is 0.263. The van der Waals surface area contributed by atoms with Gasteiger partial charge in [-0.3, -0.25) is 9.59 Å². The molecule has 0 atom stereocenters. The van der Waals surface area contributed by atoms with Crippen LogP contribution in [0.5, 0.6) is 5.75 Å². The van der Waals surface area contributed by atoms with Crippen LogP contribution < -0.4 is 10.1 Å². The van der Waals surface area contributed by atoms with Gasteiger partial charge in [0.1, 0.15) is 5.75 Å². The Morgan fingerprint density at radius 3 is 2.58 bits per heavy atom. The maximum atomic E-state index is 12.3. The Kier molecular flexibility index (Phi) is 7.30. The number of methoxy groups -OCH3 is 1. The molecular formula is C19H20Cl2N2O3. The van der Waals surface area contributed by atoms with Crippen LogP contribution in [0.2, 0.25) is 10.0 Å². The first-order valence-electron chi connectivity index (χ1n) is 8.01. The van der Waals surface area contributed by atoms with Crippen molar-refractivity contribution in [2.75, 3.05) is 20.7 Å². The van der Waals surface area contributed by atoms with Gasteiger partial charge in [-0.25, -0.2) is 0 Å². The number of nitrogens with one attached hydrogen (secondary N) is 1. The summed E-state index contributed by atoms with van der Waals surface area (Å²) in [6.07, 6.45) is 0.176. The molecule has 2 aromatic rings. The number of halogens is 2. The molecule has 0 aliphatic rings. The van der Waals surface area contributed by atoms with Crippen LogP contribution in [0.3, 0.4) is 0 Å². The Hall–Kier alpha value is -2.24. The number of carbonyl (C=O) groups excluding carboxylic acids is 2. The third-order valence-corrected chi connectivity index (χ3v) is 4.38. The number of carbonyl (C=O) groups is 2. The minimum absolute atomic E-state index is 0.105. The average Bonchev–Trinajstić information content (AvgIpc) is 2.62. The lowest BCUT2D eigenvalue weighted by atomic mass is 10.2. The summed E-state index contributed by atoms with van der Waals surface area (Å²) < 4.78 is 5.29. The van der Waals surface area contributed by atoms with Gasteiger partial charge in [-0.15, -0.1) is 0 Å². The molecule has 0 saturated carbocycles. The van der Waals surface area contributed by atoms with Gasteiger partial charge in [0, 0.05) is 37.1 Å². The summed E-state index contributed by atoms with van der Waals surface area (Å²) in [6.45, 7) is 0.584. The second kappa shape index (κ2) is 9.46. The lowest BCUT2D eigenvalue weighted by Crippen LogP contribution is -2.32.